The van der Waals surface area contributed by atoms with E-state index in [-0.39, 0.29) is 11.7 Å². The van der Waals surface area contributed by atoms with Crippen molar-refractivity contribution in [2.45, 2.75) is 52.2 Å². The summed E-state index contributed by atoms with van der Waals surface area (Å²) in [6.45, 7) is 10.3. The Balaban J connectivity index is 2.31. The van der Waals surface area contributed by atoms with Gasteiger partial charge in [-0.2, -0.15) is 0 Å². The van der Waals surface area contributed by atoms with E-state index < -0.39 is 0 Å². The lowest BCUT2D eigenvalue weighted by atomic mass is 9.99. The van der Waals surface area contributed by atoms with Crippen molar-refractivity contribution in [3.8, 4) is 5.75 Å². The van der Waals surface area contributed by atoms with E-state index in [9.17, 15) is 0 Å². The first kappa shape index (κ1) is 19.8. The Morgan fingerprint density at radius 2 is 1.70 bits per heavy atom. The molecule has 0 heterocycles. The number of hydrogen-bond acceptors (Lipinski definition) is 4. The molecule has 0 aromatic heterocycles. The van der Waals surface area contributed by atoms with E-state index in [2.05, 4.69) is 44.7 Å². The van der Waals surface area contributed by atoms with Crippen molar-refractivity contribution in [1.29, 1.82) is 0 Å². The maximum Gasteiger partial charge on any atom is 0.119 e. The summed E-state index contributed by atoms with van der Waals surface area (Å²) in [5.41, 5.74) is 1.02. The zero-order valence-corrected chi connectivity index (χ0v) is 15.6. The SMILES string of the molecule is CCC(C)(CCOC(C)C)OCCOc1ccc(N(C)C)cc1. The van der Waals surface area contributed by atoms with Crippen LogP contribution in [0.4, 0.5) is 5.69 Å². The second-order valence-corrected chi connectivity index (χ2v) is 6.56. The Morgan fingerprint density at radius 1 is 1.04 bits per heavy atom. The van der Waals surface area contributed by atoms with Crippen molar-refractivity contribution in [3.05, 3.63) is 24.3 Å². The van der Waals surface area contributed by atoms with Crippen molar-refractivity contribution in [2.24, 2.45) is 0 Å². The molecule has 0 bridgehead atoms. The molecule has 0 aliphatic rings. The fraction of sp³-hybridized carbons (Fsp3) is 0.684. The minimum atomic E-state index is -0.146. The smallest absolute Gasteiger partial charge is 0.119 e. The largest absolute Gasteiger partial charge is 0.491 e. The van der Waals surface area contributed by atoms with Crippen LogP contribution in [0.1, 0.15) is 40.5 Å². The van der Waals surface area contributed by atoms with Gasteiger partial charge in [-0.05, 0) is 57.9 Å². The van der Waals surface area contributed by atoms with Crippen LogP contribution in [0.2, 0.25) is 0 Å². The third kappa shape index (κ3) is 7.71. The van der Waals surface area contributed by atoms with Crippen molar-refractivity contribution < 1.29 is 14.2 Å². The molecule has 0 N–H and O–H groups in total. The standard InChI is InChI=1S/C19H33NO3/c1-7-19(4,12-13-21-16(2)3)23-15-14-22-18-10-8-17(9-11-18)20(5)6/h8-11,16H,7,12-15H2,1-6H3. The van der Waals surface area contributed by atoms with Crippen LogP contribution in [0.3, 0.4) is 0 Å². The number of nitrogens with zero attached hydrogens (tertiary/aromatic N) is 1. The highest BCUT2D eigenvalue weighted by molar-refractivity contribution is 5.47. The molecule has 1 aromatic rings. The molecular weight excluding hydrogens is 290 g/mol. The molecule has 0 amide bonds. The third-order valence-corrected chi connectivity index (χ3v) is 3.99. The molecule has 4 heteroatoms. The molecular formula is C19H33NO3. The molecule has 0 fully saturated rings. The molecule has 0 saturated carbocycles. The molecule has 132 valence electrons. The van der Waals surface area contributed by atoms with Gasteiger partial charge in [0.1, 0.15) is 12.4 Å². The van der Waals surface area contributed by atoms with Crippen LogP contribution in [0.25, 0.3) is 0 Å². The Kier molecular flexibility index (Phi) is 8.42. The summed E-state index contributed by atoms with van der Waals surface area (Å²) < 4.78 is 17.4. The first-order valence-electron chi connectivity index (χ1n) is 8.52. The Labute approximate surface area is 141 Å². The van der Waals surface area contributed by atoms with Gasteiger partial charge in [0.15, 0.2) is 0 Å². The van der Waals surface area contributed by atoms with Gasteiger partial charge in [-0.25, -0.2) is 0 Å². The number of anilines is 1. The average Bonchev–Trinajstić information content (AvgIpc) is 2.51. The summed E-state index contributed by atoms with van der Waals surface area (Å²) in [6.07, 6.45) is 2.13. The molecule has 1 unspecified atom stereocenters. The summed E-state index contributed by atoms with van der Waals surface area (Å²) in [5, 5.41) is 0. The molecule has 0 aliphatic heterocycles. The molecule has 23 heavy (non-hydrogen) atoms. The number of ether oxygens (including phenoxy) is 3. The normalized spacial score (nSPS) is 13.9. The van der Waals surface area contributed by atoms with Gasteiger partial charge in [0, 0.05) is 26.4 Å². The summed E-state index contributed by atoms with van der Waals surface area (Å²) in [4.78, 5) is 2.07. The molecule has 0 aliphatic carbocycles. The van der Waals surface area contributed by atoms with Gasteiger partial charge in [0.05, 0.1) is 18.3 Å². The number of hydrogen-bond donors (Lipinski definition) is 0. The van der Waals surface area contributed by atoms with E-state index in [0.717, 1.165) is 30.9 Å². The first-order chi connectivity index (χ1) is 10.9. The monoisotopic (exact) mass is 323 g/mol. The topological polar surface area (TPSA) is 30.9 Å². The first-order valence-corrected chi connectivity index (χ1v) is 8.52. The van der Waals surface area contributed by atoms with Gasteiger partial charge in [-0.3, -0.25) is 0 Å². The third-order valence-electron chi connectivity index (χ3n) is 3.99. The minimum Gasteiger partial charge on any atom is -0.491 e. The minimum absolute atomic E-state index is 0.146. The van der Waals surface area contributed by atoms with E-state index >= 15 is 0 Å². The van der Waals surface area contributed by atoms with Crippen LogP contribution in [-0.4, -0.2) is 45.6 Å². The Morgan fingerprint density at radius 3 is 2.22 bits per heavy atom. The predicted molar refractivity (Wildman–Crippen MR) is 96.6 cm³/mol. The van der Waals surface area contributed by atoms with E-state index in [1.807, 2.05) is 26.2 Å². The summed E-state index contributed by atoms with van der Waals surface area (Å²) in [7, 11) is 4.05. The lowest BCUT2D eigenvalue weighted by Gasteiger charge is -2.29. The molecule has 0 spiro atoms. The van der Waals surface area contributed by atoms with E-state index in [1.165, 1.54) is 0 Å². The van der Waals surface area contributed by atoms with Crippen LogP contribution in [0.15, 0.2) is 24.3 Å². The molecule has 1 aromatic carbocycles. The number of rotatable bonds is 11. The second-order valence-electron chi connectivity index (χ2n) is 6.56. The fourth-order valence-corrected chi connectivity index (χ4v) is 2.15. The lowest BCUT2D eigenvalue weighted by molar-refractivity contribution is -0.0688. The van der Waals surface area contributed by atoms with Gasteiger partial charge >= 0.3 is 0 Å². The van der Waals surface area contributed by atoms with Gasteiger partial charge in [0.2, 0.25) is 0 Å². The van der Waals surface area contributed by atoms with Crippen molar-refractivity contribution >= 4 is 5.69 Å². The maximum atomic E-state index is 6.03. The van der Waals surface area contributed by atoms with Crippen LogP contribution in [0.5, 0.6) is 5.75 Å². The van der Waals surface area contributed by atoms with Crippen LogP contribution in [0, 0.1) is 0 Å². The second kappa shape index (κ2) is 9.78. The zero-order chi connectivity index (χ0) is 17.3. The summed E-state index contributed by atoms with van der Waals surface area (Å²) >= 11 is 0. The van der Waals surface area contributed by atoms with E-state index in [4.69, 9.17) is 14.2 Å². The molecule has 0 radical (unpaired) electrons. The van der Waals surface area contributed by atoms with E-state index in [1.54, 1.807) is 0 Å². The van der Waals surface area contributed by atoms with Crippen LogP contribution >= 0.6 is 0 Å². The van der Waals surface area contributed by atoms with Gasteiger partial charge in [-0.1, -0.05) is 6.92 Å². The predicted octanol–water partition coefficient (Wildman–Crippen LogP) is 4.13. The Bertz CT molecular complexity index is 431. The fourth-order valence-electron chi connectivity index (χ4n) is 2.15. The highest BCUT2D eigenvalue weighted by Gasteiger charge is 2.22. The molecule has 0 saturated heterocycles. The highest BCUT2D eigenvalue weighted by Crippen LogP contribution is 2.21. The summed E-state index contributed by atoms with van der Waals surface area (Å²) in [6, 6.07) is 8.08. The molecule has 4 nitrogen and oxygen atoms in total. The number of benzene rings is 1. The van der Waals surface area contributed by atoms with Gasteiger partial charge in [0.25, 0.3) is 0 Å². The van der Waals surface area contributed by atoms with E-state index in [0.29, 0.717) is 13.2 Å². The van der Waals surface area contributed by atoms with Crippen LogP contribution < -0.4 is 9.64 Å². The van der Waals surface area contributed by atoms with Gasteiger partial charge < -0.3 is 19.1 Å². The summed E-state index contributed by atoms with van der Waals surface area (Å²) in [5.74, 6) is 0.876. The Hall–Kier alpha value is -1.26. The molecule has 1 rings (SSSR count). The average molecular weight is 323 g/mol. The van der Waals surface area contributed by atoms with Crippen molar-refractivity contribution in [2.75, 3.05) is 38.8 Å². The lowest BCUT2D eigenvalue weighted by Crippen LogP contribution is -2.31. The zero-order valence-electron chi connectivity index (χ0n) is 15.6. The van der Waals surface area contributed by atoms with Gasteiger partial charge in [-0.15, -0.1) is 0 Å². The van der Waals surface area contributed by atoms with Crippen molar-refractivity contribution in [1.82, 2.24) is 0 Å². The maximum absolute atomic E-state index is 6.03. The highest BCUT2D eigenvalue weighted by atomic mass is 16.5. The van der Waals surface area contributed by atoms with Crippen molar-refractivity contribution in [3.63, 3.8) is 0 Å². The molecule has 1 atom stereocenters. The quantitative estimate of drug-likeness (QED) is 0.573. The van der Waals surface area contributed by atoms with Crippen LogP contribution in [-0.2, 0) is 9.47 Å².